The van der Waals surface area contributed by atoms with Crippen molar-refractivity contribution < 1.29 is 17.7 Å². The standard InChI is InChI=1S/C21H21N3O4S/c1-24(2)29(26,27)19-11-8-16(9-12-19)10-13-21(25)22-15-18-14-20(28-23-18)17-6-4-3-5-7-17/h3-14H,15H2,1-2H3,(H,22,25)/b13-10+. The Morgan fingerprint density at radius 2 is 1.79 bits per heavy atom. The van der Waals surface area contributed by atoms with Crippen LogP contribution in [0.3, 0.4) is 0 Å². The van der Waals surface area contributed by atoms with Gasteiger partial charge in [0.2, 0.25) is 15.9 Å². The Morgan fingerprint density at radius 3 is 2.45 bits per heavy atom. The Bertz CT molecular complexity index is 1100. The summed E-state index contributed by atoms with van der Waals surface area (Å²) in [5, 5.41) is 6.69. The summed E-state index contributed by atoms with van der Waals surface area (Å²) in [5.41, 5.74) is 2.24. The molecule has 0 saturated heterocycles. The maximum Gasteiger partial charge on any atom is 0.244 e. The average molecular weight is 411 g/mol. The van der Waals surface area contributed by atoms with Gasteiger partial charge < -0.3 is 9.84 Å². The van der Waals surface area contributed by atoms with Crippen molar-refractivity contribution >= 4 is 22.0 Å². The molecular formula is C21H21N3O4S. The topological polar surface area (TPSA) is 92.5 Å². The minimum atomic E-state index is -3.47. The average Bonchev–Trinajstić information content (AvgIpc) is 3.20. The number of carbonyl (C=O) groups excluding carboxylic acids is 1. The van der Waals surface area contributed by atoms with E-state index in [4.69, 9.17) is 4.52 Å². The van der Waals surface area contributed by atoms with Crippen LogP contribution in [0.1, 0.15) is 11.3 Å². The molecule has 0 atom stereocenters. The van der Waals surface area contributed by atoms with Gasteiger partial charge in [-0.15, -0.1) is 0 Å². The second-order valence-electron chi connectivity index (χ2n) is 6.46. The zero-order valence-electron chi connectivity index (χ0n) is 16.1. The molecule has 0 saturated carbocycles. The van der Waals surface area contributed by atoms with Gasteiger partial charge in [0.05, 0.1) is 11.4 Å². The Balaban J connectivity index is 1.56. The van der Waals surface area contributed by atoms with Gasteiger partial charge in [0.25, 0.3) is 0 Å². The third-order valence-electron chi connectivity index (χ3n) is 4.15. The fourth-order valence-corrected chi connectivity index (χ4v) is 3.41. The fourth-order valence-electron chi connectivity index (χ4n) is 2.50. The van der Waals surface area contributed by atoms with E-state index in [1.54, 1.807) is 24.3 Å². The minimum Gasteiger partial charge on any atom is -0.356 e. The first-order valence-corrected chi connectivity index (χ1v) is 10.3. The van der Waals surface area contributed by atoms with Gasteiger partial charge in [0, 0.05) is 31.8 Å². The molecule has 0 unspecified atom stereocenters. The number of carbonyl (C=O) groups is 1. The van der Waals surface area contributed by atoms with Crippen molar-refractivity contribution in [2.45, 2.75) is 11.4 Å². The quantitative estimate of drug-likeness (QED) is 0.604. The summed E-state index contributed by atoms with van der Waals surface area (Å²) in [6.07, 6.45) is 2.99. The molecule has 7 nitrogen and oxygen atoms in total. The second kappa shape index (κ2) is 8.85. The summed E-state index contributed by atoms with van der Waals surface area (Å²) in [6, 6.07) is 17.7. The van der Waals surface area contributed by atoms with E-state index in [9.17, 15) is 13.2 Å². The molecule has 29 heavy (non-hydrogen) atoms. The van der Waals surface area contributed by atoms with Crippen molar-refractivity contribution in [3.8, 4) is 11.3 Å². The van der Waals surface area contributed by atoms with Crippen LogP contribution in [-0.4, -0.2) is 37.9 Å². The Labute approximate surface area is 169 Å². The lowest BCUT2D eigenvalue weighted by molar-refractivity contribution is -0.116. The molecule has 0 aliphatic heterocycles. The summed E-state index contributed by atoms with van der Waals surface area (Å²) in [4.78, 5) is 12.2. The monoisotopic (exact) mass is 411 g/mol. The molecule has 0 fully saturated rings. The molecule has 0 bridgehead atoms. The molecule has 0 radical (unpaired) electrons. The SMILES string of the molecule is CN(C)S(=O)(=O)c1ccc(/C=C/C(=O)NCc2cc(-c3ccccc3)on2)cc1. The van der Waals surface area contributed by atoms with Crippen LogP contribution in [0.4, 0.5) is 0 Å². The van der Waals surface area contributed by atoms with Crippen molar-refractivity contribution in [1.82, 2.24) is 14.8 Å². The smallest absolute Gasteiger partial charge is 0.244 e. The van der Waals surface area contributed by atoms with Gasteiger partial charge in [-0.25, -0.2) is 12.7 Å². The summed E-state index contributed by atoms with van der Waals surface area (Å²) >= 11 is 0. The molecular weight excluding hydrogens is 390 g/mol. The lowest BCUT2D eigenvalue weighted by Gasteiger charge is -2.11. The number of benzene rings is 2. The number of sulfonamides is 1. The zero-order chi connectivity index (χ0) is 20.9. The first-order valence-electron chi connectivity index (χ1n) is 8.86. The normalized spacial score (nSPS) is 11.8. The third-order valence-corrected chi connectivity index (χ3v) is 5.98. The highest BCUT2D eigenvalue weighted by molar-refractivity contribution is 7.89. The molecule has 3 rings (SSSR count). The maximum atomic E-state index is 12.1. The third kappa shape index (κ3) is 5.18. The number of hydrogen-bond donors (Lipinski definition) is 1. The summed E-state index contributed by atoms with van der Waals surface area (Å²) < 4.78 is 30.6. The molecule has 1 N–H and O–H groups in total. The van der Waals surface area contributed by atoms with Crippen LogP contribution in [0, 0.1) is 0 Å². The molecule has 8 heteroatoms. The Kier molecular flexibility index (Phi) is 6.26. The van der Waals surface area contributed by atoms with Crippen LogP contribution in [0.5, 0.6) is 0 Å². The van der Waals surface area contributed by atoms with E-state index in [2.05, 4.69) is 10.5 Å². The van der Waals surface area contributed by atoms with E-state index >= 15 is 0 Å². The van der Waals surface area contributed by atoms with Crippen molar-refractivity contribution in [3.63, 3.8) is 0 Å². The van der Waals surface area contributed by atoms with Crippen LogP contribution in [-0.2, 0) is 21.4 Å². The molecule has 0 aliphatic carbocycles. The molecule has 0 spiro atoms. The zero-order valence-corrected chi connectivity index (χ0v) is 16.9. The summed E-state index contributed by atoms with van der Waals surface area (Å²) in [6.45, 7) is 0.236. The number of nitrogens with zero attached hydrogens (tertiary/aromatic N) is 2. The Hall–Kier alpha value is -3.23. The van der Waals surface area contributed by atoms with E-state index < -0.39 is 10.0 Å². The van der Waals surface area contributed by atoms with Gasteiger partial charge in [-0.05, 0) is 23.8 Å². The number of hydrogen-bond acceptors (Lipinski definition) is 5. The van der Waals surface area contributed by atoms with Gasteiger partial charge >= 0.3 is 0 Å². The number of aromatic nitrogens is 1. The number of rotatable bonds is 7. The highest BCUT2D eigenvalue weighted by atomic mass is 32.2. The van der Waals surface area contributed by atoms with E-state index in [1.165, 1.54) is 32.3 Å². The second-order valence-corrected chi connectivity index (χ2v) is 8.61. The molecule has 2 aromatic carbocycles. The van der Waals surface area contributed by atoms with Gasteiger partial charge in [-0.2, -0.15) is 0 Å². The predicted octanol–water partition coefficient (Wildman–Crippen LogP) is 2.92. The van der Waals surface area contributed by atoms with Crippen molar-refractivity contribution in [2.75, 3.05) is 14.1 Å². The van der Waals surface area contributed by atoms with Crippen molar-refractivity contribution in [1.29, 1.82) is 0 Å². The summed E-state index contributed by atoms with van der Waals surface area (Å²) in [5.74, 6) is 0.345. The molecule has 1 heterocycles. The molecule has 0 aliphatic rings. The first-order chi connectivity index (χ1) is 13.9. The van der Waals surface area contributed by atoms with Crippen LogP contribution < -0.4 is 5.32 Å². The van der Waals surface area contributed by atoms with Crippen LogP contribution in [0.25, 0.3) is 17.4 Å². The largest absolute Gasteiger partial charge is 0.356 e. The highest BCUT2D eigenvalue weighted by Gasteiger charge is 2.16. The van der Waals surface area contributed by atoms with Gasteiger partial charge in [0.15, 0.2) is 5.76 Å². The van der Waals surface area contributed by atoms with E-state index in [-0.39, 0.29) is 17.3 Å². The van der Waals surface area contributed by atoms with E-state index in [0.717, 1.165) is 9.87 Å². The van der Waals surface area contributed by atoms with Gasteiger partial charge in [-0.1, -0.05) is 47.6 Å². The molecule has 1 amide bonds. The minimum absolute atomic E-state index is 0.198. The van der Waals surface area contributed by atoms with Crippen LogP contribution in [0.2, 0.25) is 0 Å². The van der Waals surface area contributed by atoms with E-state index in [1.807, 2.05) is 30.3 Å². The first kappa shape index (κ1) is 20.5. The molecule has 1 aromatic heterocycles. The predicted molar refractivity (Wildman–Crippen MR) is 110 cm³/mol. The van der Waals surface area contributed by atoms with Crippen LogP contribution in [0.15, 0.2) is 76.2 Å². The molecule has 150 valence electrons. The highest BCUT2D eigenvalue weighted by Crippen LogP contribution is 2.19. The van der Waals surface area contributed by atoms with Gasteiger partial charge in [0.1, 0.15) is 5.69 Å². The lowest BCUT2D eigenvalue weighted by atomic mass is 10.1. The van der Waals surface area contributed by atoms with Gasteiger partial charge in [-0.3, -0.25) is 4.79 Å². The van der Waals surface area contributed by atoms with E-state index in [0.29, 0.717) is 17.0 Å². The molecule has 3 aromatic rings. The van der Waals surface area contributed by atoms with Crippen molar-refractivity contribution in [3.05, 3.63) is 78.0 Å². The summed E-state index contributed by atoms with van der Waals surface area (Å²) in [7, 11) is -0.514. The number of nitrogens with one attached hydrogen (secondary N) is 1. The number of amides is 1. The Morgan fingerprint density at radius 1 is 1.10 bits per heavy atom. The van der Waals surface area contributed by atoms with Crippen LogP contribution >= 0.6 is 0 Å². The fraction of sp³-hybridized carbons (Fsp3) is 0.143. The van der Waals surface area contributed by atoms with Crippen molar-refractivity contribution in [2.24, 2.45) is 0 Å². The maximum absolute atomic E-state index is 12.1. The lowest BCUT2D eigenvalue weighted by Crippen LogP contribution is -2.22.